The van der Waals surface area contributed by atoms with E-state index in [2.05, 4.69) is 16.0 Å². The van der Waals surface area contributed by atoms with Crippen LogP contribution in [0.15, 0.2) is 11.3 Å². The molecule has 0 aromatic carbocycles. The van der Waals surface area contributed by atoms with Gasteiger partial charge in [-0.25, -0.2) is 9.59 Å². The Hall–Kier alpha value is -2.78. The van der Waals surface area contributed by atoms with Gasteiger partial charge in [-0.1, -0.05) is 6.92 Å². The number of aliphatic carboxylic acids is 1. The van der Waals surface area contributed by atoms with Crippen LogP contribution >= 0.6 is 23.5 Å². The van der Waals surface area contributed by atoms with E-state index >= 15 is 0 Å². The lowest BCUT2D eigenvalue weighted by Crippen LogP contribution is -2.71. The number of carboxylic acid groups (broad SMARTS) is 1. The Bertz CT molecular complexity index is 1020. The molecule has 13 nitrogen and oxygen atoms in total. The standard InChI is InChI=1S/C21H28N4O9S2/c1-5-21(3,4)34-20(32)24-19-22-11(8-36-19)14(27)15(28)23-12-16(29)25-13(18(30)31)10(6-33-9(2)26)7-35-17(12)25/h11-12,17,19,22H,5-8H2,1-4H3,(H,23,28)(H,24,32)(H,30,31)/t11?,12-,17-,19?/m1/s1. The van der Waals surface area contributed by atoms with Gasteiger partial charge < -0.3 is 19.9 Å². The second-order valence-corrected chi connectivity index (χ2v) is 11.1. The molecule has 3 aliphatic rings. The molecule has 4 atom stereocenters. The molecule has 4 N–H and O–H groups in total. The topological polar surface area (TPSA) is 180 Å². The second-order valence-electron chi connectivity index (χ2n) is 8.84. The van der Waals surface area contributed by atoms with Crippen LogP contribution in [0.5, 0.6) is 0 Å². The molecule has 0 bridgehead atoms. The maximum Gasteiger partial charge on any atom is 0.409 e. The fourth-order valence-corrected chi connectivity index (χ4v) is 5.92. The number of nitrogens with zero attached hydrogens (tertiary/aromatic N) is 1. The van der Waals surface area contributed by atoms with Crippen LogP contribution in [0, 0.1) is 0 Å². The molecule has 0 aliphatic carbocycles. The first kappa shape index (κ1) is 27.8. The van der Waals surface area contributed by atoms with Gasteiger partial charge in [-0.3, -0.25) is 34.7 Å². The molecular weight excluding hydrogens is 516 g/mol. The zero-order valence-corrected chi connectivity index (χ0v) is 21.7. The largest absolute Gasteiger partial charge is 0.477 e. The number of β-lactam (4-membered cyclic amide) rings is 1. The highest BCUT2D eigenvalue weighted by Gasteiger charge is 2.54. The quantitative estimate of drug-likeness (QED) is 0.170. The minimum absolute atomic E-state index is 0.169. The lowest BCUT2D eigenvalue weighted by molar-refractivity contribution is -0.152. The fourth-order valence-electron chi connectivity index (χ4n) is 3.52. The number of carbonyl (C=O) groups is 6. The van der Waals surface area contributed by atoms with Crippen molar-refractivity contribution in [2.75, 3.05) is 18.1 Å². The lowest BCUT2D eigenvalue weighted by atomic mass is 10.0. The van der Waals surface area contributed by atoms with Crippen molar-refractivity contribution < 1.29 is 43.3 Å². The smallest absolute Gasteiger partial charge is 0.409 e. The molecule has 3 aliphatic heterocycles. The van der Waals surface area contributed by atoms with Crippen molar-refractivity contribution >= 4 is 59.2 Å². The maximum absolute atomic E-state index is 12.7. The number of carbonyl (C=O) groups excluding carboxylic acids is 5. The van der Waals surface area contributed by atoms with Gasteiger partial charge in [-0.15, -0.1) is 23.5 Å². The Kier molecular flexibility index (Phi) is 8.56. The minimum Gasteiger partial charge on any atom is -0.477 e. The number of hydrogen-bond donors (Lipinski definition) is 4. The molecule has 2 fully saturated rings. The van der Waals surface area contributed by atoms with Gasteiger partial charge in [-0.2, -0.15) is 0 Å². The van der Waals surface area contributed by atoms with E-state index in [0.717, 1.165) is 4.90 Å². The van der Waals surface area contributed by atoms with Gasteiger partial charge in [0, 0.05) is 24.0 Å². The van der Waals surface area contributed by atoms with Gasteiger partial charge in [-0.05, 0) is 20.3 Å². The van der Waals surface area contributed by atoms with Crippen molar-refractivity contribution in [1.82, 2.24) is 20.9 Å². The number of hydrogen-bond acceptors (Lipinski definition) is 11. The predicted molar refractivity (Wildman–Crippen MR) is 128 cm³/mol. The summed E-state index contributed by atoms with van der Waals surface area (Å²) < 4.78 is 10.2. The Balaban J connectivity index is 1.55. The number of esters is 1. The molecule has 3 rings (SSSR count). The van der Waals surface area contributed by atoms with Crippen LogP contribution in [-0.4, -0.2) is 92.3 Å². The fraction of sp³-hybridized carbons (Fsp3) is 0.619. The zero-order valence-electron chi connectivity index (χ0n) is 20.1. The Morgan fingerprint density at radius 3 is 2.50 bits per heavy atom. The number of ketones is 1. The summed E-state index contributed by atoms with van der Waals surface area (Å²) in [5, 5.41) is 16.7. The van der Waals surface area contributed by atoms with Gasteiger partial charge in [0.05, 0.1) is 6.04 Å². The lowest BCUT2D eigenvalue weighted by Gasteiger charge is -2.49. The third kappa shape index (κ3) is 6.13. The Labute approximate surface area is 215 Å². The number of alkyl carbamates (subject to hydrolysis) is 1. The van der Waals surface area contributed by atoms with Crippen LogP contribution < -0.4 is 16.0 Å². The van der Waals surface area contributed by atoms with Crippen LogP contribution in [0.2, 0.25) is 0 Å². The maximum atomic E-state index is 12.7. The van der Waals surface area contributed by atoms with Crippen molar-refractivity contribution in [1.29, 1.82) is 0 Å². The second kappa shape index (κ2) is 11.1. The van der Waals surface area contributed by atoms with Crippen LogP contribution in [-0.2, 0) is 33.4 Å². The number of Topliss-reactive ketones (excluding diaryl/α,β-unsaturated/α-hetero) is 1. The minimum atomic E-state index is -1.36. The summed E-state index contributed by atoms with van der Waals surface area (Å²) in [5.74, 6) is -4.05. The SMILES string of the molecule is CCC(C)(C)OC(=O)NC1NC(C(=O)C(=O)N[C@@H]2C(=O)N3C(C(=O)O)=C(COC(C)=O)CS[C@H]23)CS1. The summed E-state index contributed by atoms with van der Waals surface area (Å²) in [4.78, 5) is 73.8. The van der Waals surface area contributed by atoms with Crippen LogP contribution in [0.1, 0.15) is 34.1 Å². The van der Waals surface area contributed by atoms with E-state index in [1.807, 2.05) is 6.92 Å². The first-order valence-electron chi connectivity index (χ1n) is 11.1. The summed E-state index contributed by atoms with van der Waals surface area (Å²) in [6.45, 7) is 6.33. The van der Waals surface area contributed by atoms with Crippen LogP contribution in [0.4, 0.5) is 4.79 Å². The normalized spacial score (nSPS) is 25.4. The monoisotopic (exact) mass is 544 g/mol. The molecule has 2 saturated heterocycles. The zero-order chi connectivity index (χ0) is 26.8. The predicted octanol–water partition coefficient (Wildman–Crippen LogP) is -0.239. The van der Waals surface area contributed by atoms with Crippen molar-refractivity contribution in [3.8, 4) is 0 Å². The van der Waals surface area contributed by atoms with E-state index in [1.54, 1.807) is 13.8 Å². The number of fused-ring (bicyclic) bond motifs is 1. The van der Waals surface area contributed by atoms with Crippen molar-refractivity contribution in [2.45, 2.75) is 62.7 Å². The summed E-state index contributed by atoms with van der Waals surface area (Å²) in [6, 6.07) is -1.97. The van der Waals surface area contributed by atoms with Crippen LogP contribution in [0.3, 0.4) is 0 Å². The molecule has 3 amide bonds. The Morgan fingerprint density at radius 1 is 1.19 bits per heavy atom. The number of ether oxygens (including phenoxy) is 2. The molecule has 198 valence electrons. The molecule has 0 radical (unpaired) electrons. The first-order chi connectivity index (χ1) is 16.8. The van der Waals surface area contributed by atoms with E-state index in [0.29, 0.717) is 6.42 Å². The molecular formula is C21H28N4O9S2. The number of thioether (sulfide) groups is 2. The third-order valence-corrected chi connectivity index (χ3v) is 8.23. The summed E-state index contributed by atoms with van der Waals surface area (Å²) >= 11 is 2.41. The molecule has 0 aromatic heterocycles. The number of carboxylic acids is 1. The van der Waals surface area contributed by atoms with Gasteiger partial charge in [0.15, 0.2) is 0 Å². The summed E-state index contributed by atoms with van der Waals surface area (Å²) in [7, 11) is 0. The highest BCUT2D eigenvalue weighted by atomic mass is 32.2. The third-order valence-electron chi connectivity index (χ3n) is 5.78. The van der Waals surface area contributed by atoms with Gasteiger partial charge in [0.2, 0.25) is 5.78 Å². The van der Waals surface area contributed by atoms with Gasteiger partial charge >= 0.3 is 18.0 Å². The van der Waals surface area contributed by atoms with E-state index in [-0.39, 0.29) is 29.4 Å². The Morgan fingerprint density at radius 2 is 1.89 bits per heavy atom. The van der Waals surface area contributed by atoms with E-state index in [1.165, 1.54) is 30.4 Å². The van der Waals surface area contributed by atoms with E-state index in [4.69, 9.17) is 9.47 Å². The summed E-state index contributed by atoms with van der Waals surface area (Å²) in [5.41, 5.74) is -1.32. The van der Waals surface area contributed by atoms with Crippen molar-refractivity contribution in [3.05, 3.63) is 11.3 Å². The first-order valence-corrected chi connectivity index (χ1v) is 13.2. The molecule has 36 heavy (non-hydrogen) atoms. The highest BCUT2D eigenvalue weighted by molar-refractivity contribution is 8.00. The molecule has 0 saturated carbocycles. The number of nitrogens with one attached hydrogen (secondary N) is 3. The molecule has 2 unspecified atom stereocenters. The van der Waals surface area contributed by atoms with Gasteiger partial charge in [0.1, 0.15) is 34.8 Å². The van der Waals surface area contributed by atoms with E-state index in [9.17, 15) is 33.9 Å². The average Bonchev–Trinajstić information content (AvgIpc) is 3.27. The van der Waals surface area contributed by atoms with Crippen LogP contribution in [0.25, 0.3) is 0 Å². The molecule has 3 heterocycles. The van der Waals surface area contributed by atoms with Crippen molar-refractivity contribution in [2.24, 2.45) is 0 Å². The number of amides is 3. The van der Waals surface area contributed by atoms with Gasteiger partial charge in [0.25, 0.3) is 11.8 Å². The summed E-state index contributed by atoms with van der Waals surface area (Å²) in [6.07, 6.45) is -0.0462. The van der Waals surface area contributed by atoms with Crippen molar-refractivity contribution in [3.63, 3.8) is 0 Å². The van der Waals surface area contributed by atoms with E-state index < -0.39 is 64.2 Å². The molecule has 0 spiro atoms. The number of rotatable bonds is 9. The molecule has 15 heteroatoms. The average molecular weight is 545 g/mol. The molecule has 0 aromatic rings. The highest BCUT2D eigenvalue weighted by Crippen LogP contribution is 2.40.